The lowest BCUT2D eigenvalue weighted by molar-refractivity contribution is -0.137. The Labute approximate surface area is 120 Å². The van der Waals surface area contributed by atoms with Gasteiger partial charge in [0.05, 0.1) is 5.56 Å². The van der Waals surface area contributed by atoms with Gasteiger partial charge in [0.25, 0.3) is 0 Å². The summed E-state index contributed by atoms with van der Waals surface area (Å²) in [7, 11) is 1.86. The first-order chi connectivity index (χ1) is 9.88. The number of benzene rings is 1. The summed E-state index contributed by atoms with van der Waals surface area (Å²) in [4.78, 5) is 11.6. The largest absolute Gasteiger partial charge is 0.446 e. The molecule has 2 N–H and O–H groups in total. The molecule has 7 heteroatoms. The molecule has 0 atom stereocenters. The maximum Gasteiger partial charge on any atom is 0.416 e. The van der Waals surface area contributed by atoms with Gasteiger partial charge in [-0.2, -0.15) is 13.2 Å². The number of nitrogens with one attached hydrogen (secondary N) is 2. The second-order valence-electron chi connectivity index (χ2n) is 5.13. The molecule has 1 aliphatic rings. The van der Waals surface area contributed by atoms with E-state index < -0.39 is 17.8 Å². The van der Waals surface area contributed by atoms with Gasteiger partial charge >= 0.3 is 12.3 Å². The molecule has 2 rings (SSSR count). The first-order valence-corrected chi connectivity index (χ1v) is 6.68. The van der Waals surface area contributed by atoms with Crippen LogP contribution in [0.1, 0.15) is 18.4 Å². The number of amides is 1. The molecule has 0 aliphatic heterocycles. The van der Waals surface area contributed by atoms with Crippen LogP contribution in [0.5, 0.6) is 0 Å². The quantitative estimate of drug-likeness (QED) is 0.897. The van der Waals surface area contributed by atoms with Gasteiger partial charge in [-0.05, 0) is 50.6 Å². The lowest BCUT2D eigenvalue weighted by Gasteiger charge is -2.34. The summed E-state index contributed by atoms with van der Waals surface area (Å²) in [6.07, 6.45) is -3.76. The molecule has 1 fully saturated rings. The second-order valence-corrected chi connectivity index (χ2v) is 5.13. The van der Waals surface area contributed by atoms with Crippen LogP contribution in [0.3, 0.4) is 0 Å². The van der Waals surface area contributed by atoms with Crippen LogP contribution in [0.25, 0.3) is 0 Å². The highest BCUT2D eigenvalue weighted by molar-refractivity contribution is 5.84. The number of halogens is 3. The Hall–Kier alpha value is -1.76. The predicted octanol–water partition coefficient (Wildman–Crippen LogP) is 3.25. The maximum absolute atomic E-state index is 12.5. The van der Waals surface area contributed by atoms with Gasteiger partial charge in [0.2, 0.25) is 0 Å². The Morgan fingerprint density at radius 2 is 2.10 bits per heavy atom. The van der Waals surface area contributed by atoms with Crippen LogP contribution in [0.15, 0.2) is 24.3 Å². The number of carbonyl (C=O) groups excluding carboxylic acids is 1. The molecule has 116 valence electrons. The number of rotatable bonds is 4. The fourth-order valence-electron chi connectivity index (χ4n) is 2.30. The molecule has 1 aromatic carbocycles. The third-order valence-corrected chi connectivity index (χ3v) is 3.40. The standard InChI is InChI=1S/C14H17F3N2O2/c1-18-8-9-5-12(6-9)21-13(20)19-11-4-2-3-10(7-11)14(15,16)17/h2-4,7,9,12,18H,5-6,8H2,1H3,(H,19,20). The zero-order valence-corrected chi connectivity index (χ0v) is 11.5. The summed E-state index contributed by atoms with van der Waals surface area (Å²) in [6.45, 7) is 0.870. The van der Waals surface area contributed by atoms with Gasteiger partial charge < -0.3 is 10.1 Å². The van der Waals surface area contributed by atoms with Crippen LogP contribution in [-0.4, -0.2) is 25.8 Å². The molecule has 0 unspecified atom stereocenters. The van der Waals surface area contributed by atoms with E-state index in [-0.39, 0.29) is 11.8 Å². The van der Waals surface area contributed by atoms with E-state index in [1.165, 1.54) is 12.1 Å². The normalized spacial score (nSPS) is 21.5. The lowest BCUT2D eigenvalue weighted by Crippen LogP contribution is -2.38. The van der Waals surface area contributed by atoms with Crippen LogP contribution in [0, 0.1) is 5.92 Å². The van der Waals surface area contributed by atoms with Crippen molar-refractivity contribution in [3.8, 4) is 0 Å². The van der Waals surface area contributed by atoms with E-state index in [4.69, 9.17) is 4.74 Å². The van der Waals surface area contributed by atoms with Crippen molar-refractivity contribution in [3.05, 3.63) is 29.8 Å². The molecular weight excluding hydrogens is 285 g/mol. The van der Waals surface area contributed by atoms with Crippen LogP contribution < -0.4 is 10.6 Å². The van der Waals surface area contributed by atoms with Crippen molar-refractivity contribution in [3.63, 3.8) is 0 Å². The Kier molecular flexibility index (Phi) is 4.72. The molecule has 0 spiro atoms. The average Bonchev–Trinajstić information content (AvgIpc) is 2.35. The fraction of sp³-hybridized carbons (Fsp3) is 0.500. The third-order valence-electron chi connectivity index (χ3n) is 3.40. The van der Waals surface area contributed by atoms with E-state index in [9.17, 15) is 18.0 Å². The summed E-state index contributed by atoms with van der Waals surface area (Å²) < 4.78 is 42.8. The van der Waals surface area contributed by atoms with Gasteiger partial charge in [0.1, 0.15) is 6.10 Å². The Morgan fingerprint density at radius 3 is 2.71 bits per heavy atom. The van der Waals surface area contributed by atoms with Crippen molar-refractivity contribution in [2.75, 3.05) is 18.9 Å². The Balaban J connectivity index is 1.83. The number of alkyl halides is 3. The Morgan fingerprint density at radius 1 is 1.38 bits per heavy atom. The first-order valence-electron chi connectivity index (χ1n) is 6.68. The van der Waals surface area contributed by atoms with Crippen LogP contribution in [0.4, 0.5) is 23.7 Å². The first kappa shape index (κ1) is 15.6. The Bertz CT molecular complexity index is 499. The minimum absolute atomic E-state index is 0.0703. The summed E-state index contributed by atoms with van der Waals surface area (Å²) >= 11 is 0. The topological polar surface area (TPSA) is 50.4 Å². The molecule has 0 aromatic heterocycles. The maximum atomic E-state index is 12.5. The smallest absolute Gasteiger partial charge is 0.416 e. The van der Waals surface area contributed by atoms with E-state index in [0.717, 1.165) is 31.5 Å². The van der Waals surface area contributed by atoms with Gasteiger partial charge in [-0.15, -0.1) is 0 Å². The number of carbonyl (C=O) groups is 1. The van der Waals surface area contributed by atoms with Gasteiger partial charge in [0, 0.05) is 5.69 Å². The van der Waals surface area contributed by atoms with E-state index in [1.54, 1.807) is 0 Å². The molecule has 1 saturated carbocycles. The van der Waals surface area contributed by atoms with Gasteiger partial charge in [-0.1, -0.05) is 6.07 Å². The predicted molar refractivity (Wildman–Crippen MR) is 72.0 cm³/mol. The molecule has 21 heavy (non-hydrogen) atoms. The van der Waals surface area contributed by atoms with Crippen molar-refractivity contribution in [2.45, 2.75) is 25.1 Å². The highest BCUT2D eigenvalue weighted by Crippen LogP contribution is 2.31. The summed E-state index contributed by atoms with van der Waals surface area (Å²) in [5, 5.41) is 5.36. The number of ether oxygens (including phenoxy) is 1. The molecule has 0 heterocycles. The summed E-state index contributed by atoms with van der Waals surface area (Å²) in [6, 6.07) is 4.46. The number of hydrogen-bond donors (Lipinski definition) is 2. The molecule has 1 aliphatic carbocycles. The number of hydrogen-bond acceptors (Lipinski definition) is 3. The van der Waals surface area contributed by atoms with Crippen molar-refractivity contribution in [2.24, 2.45) is 5.92 Å². The molecule has 1 aromatic rings. The van der Waals surface area contributed by atoms with Crippen LogP contribution >= 0.6 is 0 Å². The molecule has 0 bridgehead atoms. The summed E-state index contributed by atoms with van der Waals surface area (Å²) in [5.41, 5.74) is -0.737. The van der Waals surface area contributed by atoms with Crippen molar-refractivity contribution in [1.29, 1.82) is 0 Å². The lowest BCUT2D eigenvalue weighted by atomic mass is 9.82. The molecule has 4 nitrogen and oxygen atoms in total. The minimum atomic E-state index is -4.43. The van der Waals surface area contributed by atoms with Gasteiger partial charge in [0.15, 0.2) is 0 Å². The highest BCUT2D eigenvalue weighted by atomic mass is 19.4. The second kappa shape index (κ2) is 6.34. The van der Waals surface area contributed by atoms with Crippen molar-refractivity contribution >= 4 is 11.8 Å². The van der Waals surface area contributed by atoms with E-state index in [2.05, 4.69) is 10.6 Å². The highest BCUT2D eigenvalue weighted by Gasteiger charge is 2.32. The van der Waals surface area contributed by atoms with E-state index in [1.807, 2.05) is 7.05 Å². The zero-order valence-electron chi connectivity index (χ0n) is 11.5. The van der Waals surface area contributed by atoms with Crippen LogP contribution in [0.2, 0.25) is 0 Å². The van der Waals surface area contributed by atoms with E-state index >= 15 is 0 Å². The molecule has 0 radical (unpaired) electrons. The van der Waals surface area contributed by atoms with Crippen molar-refractivity contribution in [1.82, 2.24) is 5.32 Å². The average molecular weight is 302 g/mol. The monoisotopic (exact) mass is 302 g/mol. The molecule has 1 amide bonds. The van der Waals surface area contributed by atoms with Gasteiger partial charge in [-0.25, -0.2) is 4.79 Å². The van der Waals surface area contributed by atoms with E-state index in [0.29, 0.717) is 5.92 Å². The number of anilines is 1. The molecular formula is C14H17F3N2O2. The zero-order chi connectivity index (χ0) is 15.5. The minimum Gasteiger partial charge on any atom is -0.446 e. The fourth-order valence-corrected chi connectivity index (χ4v) is 2.30. The SMILES string of the molecule is CNCC1CC(OC(=O)Nc2cccc(C(F)(F)F)c2)C1. The van der Waals surface area contributed by atoms with Gasteiger partial charge in [-0.3, -0.25) is 5.32 Å². The molecule has 0 saturated heterocycles. The summed E-state index contributed by atoms with van der Waals surface area (Å²) in [5.74, 6) is 0.487. The van der Waals surface area contributed by atoms with Crippen molar-refractivity contribution < 1.29 is 22.7 Å². The van der Waals surface area contributed by atoms with Crippen LogP contribution in [-0.2, 0) is 10.9 Å². The third kappa shape index (κ3) is 4.35.